The molecule has 19 heavy (non-hydrogen) atoms. The standard InChI is InChI=1S/C14H22N2O2S/c1-11-8-9-12(2)16(10-11)19(17,18)14-7-5-4-6-13(14)15-3/h4-7,11-12,15H,8-10H2,1-3H3. The third-order valence-electron chi connectivity index (χ3n) is 3.80. The summed E-state index contributed by atoms with van der Waals surface area (Å²) in [6, 6.07) is 7.16. The van der Waals surface area contributed by atoms with Crippen LogP contribution < -0.4 is 5.32 Å². The molecule has 106 valence electrons. The van der Waals surface area contributed by atoms with E-state index in [1.807, 2.05) is 13.0 Å². The fraction of sp³-hybridized carbons (Fsp3) is 0.571. The first-order valence-electron chi connectivity index (χ1n) is 6.75. The highest BCUT2D eigenvalue weighted by Gasteiger charge is 2.34. The van der Waals surface area contributed by atoms with E-state index >= 15 is 0 Å². The molecule has 1 aromatic rings. The lowest BCUT2D eigenvalue weighted by Crippen LogP contribution is -2.44. The third kappa shape index (κ3) is 2.77. The van der Waals surface area contributed by atoms with Gasteiger partial charge in [0.2, 0.25) is 10.0 Å². The zero-order valence-corrected chi connectivity index (χ0v) is 12.6. The van der Waals surface area contributed by atoms with E-state index in [0.29, 0.717) is 23.0 Å². The van der Waals surface area contributed by atoms with Gasteiger partial charge in [-0.2, -0.15) is 4.31 Å². The smallest absolute Gasteiger partial charge is 0.245 e. The molecule has 1 aliphatic heterocycles. The maximum absolute atomic E-state index is 12.8. The molecule has 0 bridgehead atoms. The van der Waals surface area contributed by atoms with Gasteiger partial charge in [0.05, 0.1) is 5.69 Å². The van der Waals surface area contributed by atoms with Gasteiger partial charge in [-0.1, -0.05) is 19.1 Å². The SMILES string of the molecule is CNc1ccccc1S(=O)(=O)N1CC(C)CCC1C. The second kappa shape index (κ2) is 5.51. The van der Waals surface area contributed by atoms with Crippen LogP contribution in [0.15, 0.2) is 29.2 Å². The predicted octanol–water partition coefficient (Wildman–Crippen LogP) is 2.54. The van der Waals surface area contributed by atoms with Crippen LogP contribution in [0, 0.1) is 5.92 Å². The number of benzene rings is 1. The van der Waals surface area contributed by atoms with Crippen LogP contribution in [0.5, 0.6) is 0 Å². The predicted molar refractivity (Wildman–Crippen MR) is 77.7 cm³/mol. The molecule has 1 aliphatic rings. The van der Waals surface area contributed by atoms with Gasteiger partial charge in [-0.3, -0.25) is 0 Å². The minimum Gasteiger partial charge on any atom is -0.387 e. The Morgan fingerprint density at radius 1 is 1.21 bits per heavy atom. The molecule has 1 N–H and O–H groups in total. The number of rotatable bonds is 3. The van der Waals surface area contributed by atoms with E-state index in [-0.39, 0.29) is 6.04 Å². The van der Waals surface area contributed by atoms with E-state index in [1.165, 1.54) is 0 Å². The van der Waals surface area contributed by atoms with Crippen molar-refractivity contribution in [2.75, 3.05) is 18.9 Å². The maximum Gasteiger partial charge on any atom is 0.245 e. The number of nitrogens with one attached hydrogen (secondary N) is 1. The zero-order valence-electron chi connectivity index (χ0n) is 11.8. The number of anilines is 1. The van der Waals surface area contributed by atoms with Crippen LogP contribution in [0.25, 0.3) is 0 Å². The van der Waals surface area contributed by atoms with E-state index in [4.69, 9.17) is 0 Å². The van der Waals surface area contributed by atoms with E-state index in [9.17, 15) is 8.42 Å². The molecule has 0 aliphatic carbocycles. The molecule has 1 saturated heterocycles. The van der Waals surface area contributed by atoms with E-state index in [0.717, 1.165) is 12.8 Å². The Morgan fingerprint density at radius 2 is 1.89 bits per heavy atom. The van der Waals surface area contributed by atoms with Crippen molar-refractivity contribution in [1.82, 2.24) is 4.31 Å². The summed E-state index contributed by atoms with van der Waals surface area (Å²) in [4.78, 5) is 0.374. The van der Waals surface area contributed by atoms with Crippen LogP contribution >= 0.6 is 0 Å². The summed E-state index contributed by atoms with van der Waals surface area (Å²) in [6.45, 7) is 4.71. The largest absolute Gasteiger partial charge is 0.387 e. The van der Waals surface area contributed by atoms with Gasteiger partial charge in [0.15, 0.2) is 0 Å². The Bertz CT molecular complexity index is 542. The zero-order chi connectivity index (χ0) is 14.0. The van der Waals surface area contributed by atoms with Gasteiger partial charge in [-0.15, -0.1) is 0 Å². The topological polar surface area (TPSA) is 49.4 Å². The molecule has 5 heteroatoms. The molecule has 0 radical (unpaired) electrons. The summed E-state index contributed by atoms with van der Waals surface area (Å²) in [7, 11) is -1.67. The highest BCUT2D eigenvalue weighted by Crippen LogP contribution is 2.30. The maximum atomic E-state index is 12.8. The molecule has 0 amide bonds. The summed E-state index contributed by atoms with van der Waals surface area (Å²) < 4.78 is 27.3. The molecular formula is C14H22N2O2S. The van der Waals surface area contributed by atoms with Gasteiger partial charge in [0, 0.05) is 19.6 Å². The second-order valence-corrected chi connectivity index (χ2v) is 7.21. The van der Waals surface area contributed by atoms with E-state index < -0.39 is 10.0 Å². The van der Waals surface area contributed by atoms with Gasteiger partial charge in [0.25, 0.3) is 0 Å². The first kappa shape index (κ1) is 14.3. The van der Waals surface area contributed by atoms with Crippen molar-refractivity contribution >= 4 is 15.7 Å². The first-order chi connectivity index (χ1) is 8.96. The van der Waals surface area contributed by atoms with Crippen molar-refractivity contribution in [3.63, 3.8) is 0 Å². The van der Waals surface area contributed by atoms with Gasteiger partial charge < -0.3 is 5.32 Å². The van der Waals surface area contributed by atoms with Crippen molar-refractivity contribution in [3.8, 4) is 0 Å². The van der Waals surface area contributed by atoms with Crippen LogP contribution in [0.4, 0.5) is 5.69 Å². The highest BCUT2D eigenvalue weighted by atomic mass is 32.2. The van der Waals surface area contributed by atoms with E-state index in [1.54, 1.807) is 29.6 Å². The highest BCUT2D eigenvalue weighted by molar-refractivity contribution is 7.89. The molecular weight excluding hydrogens is 260 g/mol. The van der Waals surface area contributed by atoms with Crippen molar-refractivity contribution in [3.05, 3.63) is 24.3 Å². The molecule has 0 aromatic heterocycles. The molecule has 0 spiro atoms. The van der Waals surface area contributed by atoms with Crippen LogP contribution in [0.2, 0.25) is 0 Å². The minimum atomic E-state index is -3.42. The monoisotopic (exact) mass is 282 g/mol. The average Bonchev–Trinajstić information content (AvgIpc) is 2.41. The van der Waals surface area contributed by atoms with Crippen LogP contribution in [0.3, 0.4) is 0 Å². The molecule has 1 fully saturated rings. The fourth-order valence-electron chi connectivity index (χ4n) is 2.61. The van der Waals surface area contributed by atoms with Crippen molar-refractivity contribution in [1.29, 1.82) is 0 Å². The third-order valence-corrected chi connectivity index (χ3v) is 5.84. The Labute approximate surface area is 115 Å². The average molecular weight is 282 g/mol. The fourth-order valence-corrected chi connectivity index (χ4v) is 4.59. The Balaban J connectivity index is 2.41. The van der Waals surface area contributed by atoms with Gasteiger partial charge in [-0.05, 0) is 37.8 Å². The molecule has 1 aromatic carbocycles. The summed E-state index contributed by atoms with van der Waals surface area (Å²) in [5.74, 6) is 0.424. The van der Waals surface area contributed by atoms with E-state index in [2.05, 4.69) is 12.2 Å². The van der Waals surface area contributed by atoms with Crippen LogP contribution in [-0.4, -0.2) is 32.4 Å². The summed E-state index contributed by atoms with van der Waals surface area (Å²) in [5, 5.41) is 2.96. The summed E-state index contributed by atoms with van der Waals surface area (Å²) in [5.41, 5.74) is 0.660. The van der Waals surface area contributed by atoms with Gasteiger partial charge >= 0.3 is 0 Å². The molecule has 1 heterocycles. The Morgan fingerprint density at radius 3 is 2.58 bits per heavy atom. The summed E-state index contributed by atoms with van der Waals surface area (Å²) in [6.07, 6.45) is 2.03. The Kier molecular flexibility index (Phi) is 4.16. The molecule has 2 unspecified atom stereocenters. The summed E-state index contributed by atoms with van der Waals surface area (Å²) >= 11 is 0. The second-order valence-electron chi connectivity index (χ2n) is 5.35. The number of piperidine rings is 1. The normalized spacial score (nSPS) is 25.2. The van der Waals surface area contributed by atoms with Gasteiger partial charge in [0.1, 0.15) is 4.90 Å². The number of hydrogen-bond acceptors (Lipinski definition) is 3. The number of nitrogens with zero attached hydrogens (tertiary/aromatic N) is 1. The number of para-hydroxylation sites is 1. The lowest BCUT2D eigenvalue weighted by atomic mass is 9.97. The van der Waals surface area contributed by atoms with Crippen molar-refractivity contribution in [2.24, 2.45) is 5.92 Å². The minimum absolute atomic E-state index is 0.0751. The van der Waals surface area contributed by atoms with Crippen molar-refractivity contribution < 1.29 is 8.42 Å². The Hall–Kier alpha value is -1.07. The molecule has 4 nitrogen and oxygen atoms in total. The number of hydrogen-bond donors (Lipinski definition) is 1. The first-order valence-corrected chi connectivity index (χ1v) is 8.19. The molecule has 2 atom stereocenters. The van der Waals surface area contributed by atoms with Crippen LogP contribution in [0.1, 0.15) is 26.7 Å². The van der Waals surface area contributed by atoms with Crippen LogP contribution in [-0.2, 0) is 10.0 Å². The lowest BCUT2D eigenvalue weighted by molar-refractivity contribution is 0.218. The molecule has 0 saturated carbocycles. The lowest BCUT2D eigenvalue weighted by Gasteiger charge is -2.36. The quantitative estimate of drug-likeness (QED) is 0.927. The number of sulfonamides is 1. The van der Waals surface area contributed by atoms with Gasteiger partial charge in [-0.25, -0.2) is 8.42 Å². The molecule has 2 rings (SSSR count). The van der Waals surface area contributed by atoms with Crippen molar-refractivity contribution in [2.45, 2.75) is 37.6 Å².